The topological polar surface area (TPSA) is 94.1 Å². The minimum absolute atomic E-state index is 0.0259. The Morgan fingerprint density at radius 1 is 0.477 bits per heavy atom. The lowest BCUT2D eigenvalue weighted by Gasteiger charge is -2.28. The Labute approximate surface area is 404 Å². The lowest BCUT2D eigenvalue weighted by atomic mass is 10.0. The summed E-state index contributed by atoms with van der Waals surface area (Å²) < 4.78 is 34.8. The molecular formula is C56H108NO7P. The first-order chi connectivity index (χ1) is 31.6. The third-order valence-corrected chi connectivity index (χ3v) is 13.1. The Balaban J connectivity index is 4.07. The van der Waals surface area contributed by atoms with Gasteiger partial charge in [-0.15, -0.1) is 0 Å². The van der Waals surface area contributed by atoms with Crippen molar-refractivity contribution in [2.75, 3.05) is 54.1 Å². The number of phosphoric ester groups is 1. The first-order valence-corrected chi connectivity index (χ1v) is 29.2. The average Bonchev–Trinajstić information content (AvgIpc) is 3.27. The number of allylic oxidation sites excluding steroid dienone is 6. The second kappa shape index (κ2) is 49.2. The van der Waals surface area contributed by atoms with Crippen LogP contribution in [-0.2, 0) is 27.9 Å². The molecule has 0 aromatic carbocycles. The van der Waals surface area contributed by atoms with Crippen molar-refractivity contribution in [3.05, 3.63) is 36.5 Å². The molecule has 0 aromatic rings. The van der Waals surface area contributed by atoms with Crippen LogP contribution in [0.4, 0.5) is 0 Å². The fourth-order valence-electron chi connectivity index (χ4n) is 7.87. The van der Waals surface area contributed by atoms with E-state index < -0.39 is 13.9 Å². The summed E-state index contributed by atoms with van der Waals surface area (Å²) in [5.74, 6) is -0.335. The number of hydrogen-bond donors (Lipinski definition) is 0. The van der Waals surface area contributed by atoms with Gasteiger partial charge in [-0.1, -0.05) is 217 Å². The van der Waals surface area contributed by atoms with Crippen LogP contribution in [0.3, 0.4) is 0 Å². The fraction of sp³-hybridized carbons (Fsp3) is 0.875. The molecule has 0 fully saturated rings. The van der Waals surface area contributed by atoms with Crippen LogP contribution < -0.4 is 4.89 Å². The number of esters is 1. The zero-order chi connectivity index (χ0) is 47.6. The Morgan fingerprint density at radius 3 is 1.29 bits per heavy atom. The van der Waals surface area contributed by atoms with E-state index in [2.05, 4.69) is 50.3 Å². The van der Waals surface area contributed by atoms with Crippen molar-refractivity contribution < 1.29 is 37.3 Å². The van der Waals surface area contributed by atoms with Crippen molar-refractivity contribution in [3.8, 4) is 0 Å². The largest absolute Gasteiger partial charge is 0.756 e. The molecule has 0 aliphatic carbocycles. The van der Waals surface area contributed by atoms with Gasteiger partial charge in [0.2, 0.25) is 0 Å². The average molecular weight is 938 g/mol. The van der Waals surface area contributed by atoms with Crippen LogP contribution in [0.2, 0.25) is 0 Å². The Kier molecular flexibility index (Phi) is 48.2. The van der Waals surface area contributed by atoms with E-state index in [0.29, 0.717) is 24.1 Å². The monoisotopic (exact) mass is 938 g/mol. The minimum Gasteiger partial charge on any atom is -0.756 e. The highest BCUT2D eigenvalue weighted by molar-refractivity contribution is 7.45. The zero-order valence-electron chi connectivity index (χ0n) is 43.7. The molecule has 0 heterocycles. The summed E-state index contributed by atoms with van der Waals surface area (Å²) in [7, 11) is 1.36. The van der Waals surface area contributed by atoms with Crippen molar-refractivity contribution in [1.82, 2.24) is 0 Å². The van der Waals surface area contributed by atoms with Gasteiger partial charge in [0.25, 0.3) is 7.82 Å². The molecule has 0 N–H and O–H groups in total. The summed E-state index contributed by atoms with van der Waals surface area (Å²) in [4.78, 5) is 25.2. The van der Waals surface area contributed by atoms with E-state index in [4.69, 9.17) is 18.5 Å². The maximum Gasteiger partial charge on any atom is 0.306 e. The van der Waals surface area contributed by atoms with Crippen LogP contribution in [0.1, 0.15) is 258 Å². The lowest BCUT2D eigenvalue weighted by Crippen LogP contribution is -2.37. The van der Waals surface area contributed by atoms with Crippen LogP contribution in [0.5, 0.6) is 0 Å². The minimum atomic E-state index is -4.53. The fourth-order valence-corrected chi connectivity index (χ4v) is 8.60. The van der Waals surface area contributed by atoms with E-state index in [0.717, 1.165) is 38.5 Å². The first-order valence-electron chi connectivity index (χ1n) is 27.7. The van der Waals surface area contributed by atoms with Crippen molar-refractivity contribution in [2.45, 2.75) is 264 Å². The Hall–Kier alpha value is -1.28. The van der Waals surface area contributed by atoms with E-state index in [-0.39, 0.29) is 25.8 Å². The highest BCUT2D eigenvalue weighted by Crippen LogP contribution is 2.38. The number of rotatable bonds is 52. The van der Waals surface area contributed by atoms with Gasteiger partial charge in [-0.3, -0.25) is 9.36 Å². The smallest absolute Gasteiger partial charge is 0.306 e. The van der Waals surface area contributed by atoms with Crippen molar-refractivity contribution in [2.24, 2.45) is 0 Å². The zero-order valence-corrected chi connectivity index (χ0v) is 44.6. The number of hydrogen-bond acceptors (Lipinski definition) is 7. The molecule has 0 saturated carbocycles. The van der Waals surface area contributed by atoms with E-state index in [1.54, 1.807) is 0 Å². The van der Waals surface area contributed by atoms with E-state index in [1.807, 2.05) is 21.1 Å². The van der Waals surface area contributed by atoms with Crippen LogP contribution in [0.25, 0.3) is 0 Å². The molecule has 0 bridgehead atoms. The van der Waals surface area contributed by atoms with Gasteiger partial charge >= 0.3 is 5.97 Å². The molecule has 0 amide bonds. The summed E-state index contributed by atoms with van der Waals surface area (Å²) >= 11 is 0. The predicted molar refractivity (Wildman–Crippen MR) is 277 cm³/mol. The number of carbonyl (C=O) groups excluding carboxylic acids is 1. The highest BCUT2D eigenvalue weighted by atomic mass is 31.2. The molecule has 0 aromatic heterocycles. The van der Waals surface area contributed by atoms with Gasteiger partial charge in [-0.05, 0) is 70.6 Å². The molecule has 0 aliphatic rings. The van der Waals surface area contributed by atoms with E-state index in [1.165, 1.54) is 199 Å². The third kappa shape index (κ3) is 53.5. The van der Waals surface area contributed by atoms with Gasteiger partial charge in [0, 0.05) is 13.0 Å². The van der Waals surface area contributed by atoms with Gasteiger partial charge in [-0.2, -0.15) is 0 Å². The number of unbranched alkanes of at least 4 members (excludes halogenated alkanes) is 32. The summed E-state index contributed by atoms with van der Waals surface area (Å²) in [5.41, 5.74) is 0. The molecule has 2 unspecified atom stereocenters. The number of carbonyl (C=O) groups is 1. The maximum absolute atomic E-state index is 12.8. The second-order valence-corrected chi connectivity index (χ2v) is 21.3. The number of phosphoric acid groups is 1. The van der Waals surface area contributed by atoms with Crippen LogP contribution in [-0.4, -0.2) is 70.7 Å². The van der Waals surface area contributed by atoms with Crippen molar-refractivity contribution >= 4 is 13.8 Å². The normalized spacial score (nSPS) is 13.8. The summed E-state index contributed by atoms with van der Waals surface area (Å²) in [6.07, 6.45) is 60.3. The number of likely N-dealkylation sites (N-methyl/N-ethyl adjacent to an activating group) is 1. The van der Waals surface area contributed by atoms with Crippen molar-refractivity contribution in [3.63, 3.8) is 0 Å². The molecule has 0 radical (unpaired) electrons. The second-order valence-electron chi connectivity index (χ2n) is 19.9. The summed E-state index contributed by atoms with van der Waals surface area (Å²) in [6, 6.07) is 0. The highest BCUT2D eigenvalue weighted by Gasteiger charge is 2.20. The molecule has 0 aliphatic heterocycles. The Morgan fingerprint density at radius 2 is 0.846 bits per heavy atom. The van der Waals surface area contributed by atoms with Crippen LogP contribution in [0, 0.1) is 0 Å². The molecule has 8 nitrogen and oxygen atoms in total. The molecular weight excluding hydrogens is 830 g/mol. The maximum atomic E-state index is 12.8. The molecule has 384 valence electrons. The predicted octanol–water partition coefficient (Wildman–Crippen LogP) is 16.7. The SMILES string of the molecule is CCCCC/C=C\C/C=C\CCCCCCCCCCCC(=O)OC(COCCCCCCCCCCCCCC/C=C\CCCCCCCCCC)COP(=O)([O-])OCC[N+](C)(C)C. The first kappa shape index (κ1) is 63.7. The van der Waals surface area contributed by atoms with Crippen molar-refractivity contribution in [1.29, 1.82) is 0 Å². The van der Waals surface area contributed by atoms with Gasteiger partial charge in [0.15, 0.2) is 0 Å². The number of ether oxygens (including phenoxy) is 2. The number of nitrogens with zero attached hydrogens (tertiary/aromatic N) is 1. The van der Waals surface area contributed by atoms with Crippen LogP contribution in [0.15, 0.2) is 36.5 Å². The number of quaternary nitrogens is 1. The molecule has 0 saturated heterocycles. The molecule has 0 spiro atoms. The quantitative estimate of drug-likeness (QED) is 0.0197. The standard InChI is InChI=1S/C56H108NO7P/c1-6-8-10-12-14-16-18-20-22-24-26-27-28-29-30-32-34-36-38-40-42-44-46-48-51-61-53-55(54-63-65(59,60)62-52-50-57(3,4)5)64-56(58)49-47-45-43-41-39-37-35-33-31-25-23-21-19-17-15-13-11-9-7-2/h15,17,21,23-24,26,55H,6-14,16,18-20,22,25,27-54H2,1-5H3/b17-15-,23-21-,26-24-. The molecule has 9 heteroatoms. The molecule has 2 atom stereocenters. The Bertz CT molecular complexity index is 1140. The van der Waals surface area contributed by atoms with Gasteiger partial charge in [-0.25, -0.2) is 0 Å². The molecule has 0 rings (SSSR count). The lowest BCUT2D eigenvalue weighted by molar-refractivity contribution is -0.870. The third-order valence-electron chi connectivity index (χ3n) is 12.2. The van der Waals surface area contributed by atoms with Gasteiger partial charge in [0.05, 0.1) is 34.4 Å². The summed E-state index contributed by atoms with van der Waals surface area (Å²) in [5, 5.41) is 0. The molecule has 65 heavy (non-hydrogen) atoms. The van der Waals surface area contributed by atoms with E-state index >= 15 is 0 Å². The van der Waals surface area contributed by atoms with Gasteiger partial charge in [0.1, 0.15) is 19.3 Å². The van der Waals surface area contributed by atoms with E-state index in [9.17, 15) is 14.3 Å². The summed E-state index contributed by atoms with van der Waals surface area (Å²) in [6.45, 7) is 5.42. The van der Waals surface area contributed by atoms with Gasteiger partial charge < -0.3 is 27.9 Å². The van der Waals surface area contributed by atoms with Crippen LogP contribution >= 0.6 is 7.82 Å².